The Labute approximate surface area is 108 Å². The Morgan fingerprint density at radius 1 is 0.833 bits per heavy atom. The van der Waals surface area contributed by atoms with Crippen LogP contribution in [0.2, 0.25) is 0 Å². The van der Waals surface area contributed by atoms with E-state index in [2.05, 4.69) is 6.92 Å². The average molecular weight is 242 g/mol. The van der Waals surface area contributed by atoms with E-state index in [1.807, 2.05) is 25.1 Å². The maximum Gasteiger partial charge on any atom is 0.123 e. The smallest absolute Gasteiger partial charge is 0.123 e. The van der Waals surface area contributed by atoms with Gasteiger partial charge in [0, 0.05) is 5.56 Å². The highest BCUT2D eigenvalue weighted by molar-refractivity contribution is 5.72. The zero-order chi connectivity index (χ0) is 13.1. The molecule has 2 aromatic carbocycles. The highest BCUT2D eigenvalue weighted by Gasteiger charge is 2.07. The van der Waals surface area contributed by atoms with Gasteiger partial charge < -0.3 is 10.2 Å². The molecule has 0 heterocycles. The topological polar surface area (TPSA) is 40.5 Å². The first-order valence-electron chi connectivity index (χ1n) is 6.29. The molecule has 0 aliphatic carbocycles. The molecule has 0 spiro atoms. The summed E-state index contributed by atoms with van der Waals surface area (Å²) in [6, 6.07) is 11.1. The third-order valence-electron chi connectivity index (χ3n) is 3.17. The van der Waals surface area contributed by atoms with E-state index in [1.165, 1.54) is 0 Å². The maximum absolute atomic E-state index is 10.0. The van der Waals surface area contributed by atoms with Crippen molar-refractivity contribution in [2.75, 3.05) is 0 Å². The van der Waals surface area contributed by atoms with Gasteiger partial charge in [0.05, 0.1) is 0 Å². The van der Waals surface area contributed by atoms with Gasteiger partial charge in [-0.25, -0.2) is 0 Å². The highest BCUT2D eigenvalue weighted by atomic mass is 16.3. The Morgan fingerprint density at radius 2 is 1.56 bits per heavy atom. The highest BCUT2D eigenvalue weighted by Crippen LogP contribution is 2.33. The molecule has 0 fully saturated rings. The summed E-state index contributed by atoms with van der Waals surface area (Å²) in [5, 5.41) is 19.7. The molecule has 2 aromatic rings. The first kappa shape index (κ1) is 12.5. The van der Waals surface area contributed by atoms with Crippen LogP contribution in [-0.2, 0) is 12.8 Å². The van der Waals surface area contributed by atoms with Crippen molar-refractivity contribution < 1.29 is 10.2 Å². The first-order chi connectivity index (χ1) is 8.63. The van der Waals surface area contributed by atoms with Crippen LogP contribution in [0.25, 0.3) is 11.1 Å². The second-order valence-electron chi connectivity index (χ2n) is 4.45. The van der Waals surface area contributed by atoms with Crippen molar-refractivity contribution in [1.82, 2.24) is 0 Å². The SMILES string of the molecule is CCc1cc(O)cc(-c2ccc(CC)cc2O)c1. The van der Waals surface area contributed by atoms with Gasteiger partial charge in [0.15, 0.2) is 0 Å². The number of hydrogen-bond acceptors (Lipinski definition) is 2. The Hall–Kier alpha value is -1.96. The van der Waals surface area contributed by atoms with Gasteiger partial charge in [0.1, 0.15) is 11.5 Å². The van der Waals surface area contributed by atoms with E-state index in [-0.39, 0.29) is 11.5 Å². The number of phenolic OH excluding ortho intramolecular Hbond substituents is 2. The molecular weight excluding hydrogens is 224 g/mol. The predicted molar refractivity (Wildman–Crippen MR) is 74.0 cm³/mol. The molecule has 0 atom stereocenters. The molecule has 2 heteroatoms. The van der Waals surface area contributed by atoms with Gasteiger partial charge >= 0.3 is 0 Å². The molecule has 0 unspecified atom stereocenters. The molecule has 0 aliphatic rings. The zero-order valence-corrected chi connectivity index (χ0v) is 10.8. The minimum Gasteiger partial charge on any atom is -0.508 e. The van der Waals surface area contributed by atoms with Crippen molar-refractivity contribution in [1.29, 1.82) is 0 Å². The van der Waals surface area contributed by atoms with E-state index in [9.17, 15) is 10.2 Å². The normalized spacial score (nSPS) is 10.6. The minimum atomic E-state index is 0.239. The molecule has 0 radical (unpaired) electrons. The lowest BCUT2D eigenvalue weighted by Crippen LogP contribution is -1.86. The Balaban J connectivity index is 2.51. The largest absolute Gasteiger partial charge is 0.508 e. The molecular formula is C16H18O2. The van der Waals surface area contributed by atoms with Crippen molar-refractivity contribution in [3.8, 4) is 22.6 Å². The van der Waals surface area contributed by atoms with Gasteiger partial charge in [-0.05, 0) is 47.7 Å². The Morgan fingerprint density at radius 3 is 2.17 bits per heavy atom. The Kier molecular flexibility index (Phi) is 3.56. The van der Waals surface area contributed by atoms with Crippen LogP contribution in [-0.4, -0.2) is 10.2 Å². The number of rotatable bonds is 3. The predicted octanol–water partition coefficient (Wildman–Crippen LogP) is 3.89. The fourth-order valence-corrected chi connectivity index (χ4v) is 2.07. The second kappa shape index (κ2) is 5.13. The lowest BCUT2D eigenvalue weighted by atomic mass is 9.99. The maximum atomic E-state index is 10.0. The summed E-state index contributed by atoms with van der Waals surface area (Å²) in [6.45, 7) is 4.09. The Bertz CT molecular complexity index is 559. The fraction of sp³-hybridized carbons (Fsp3) is 0.250. The molecule has 0 amide bonds. The number of hydrogen-bond donors (Lipinski definition) is 2. The summed E-state index contributed by atoms with van der Waals surface area (Å²) < 4.78 is 0. The number of aromatic hydroxyl groups is 2. The fourth-order valence-electron chi connectivity index (χ4n) is 2.07. The van der Waals surface area contributed by atoms with Crippen molar-refractivity contribution >= 4 is 0 Å². The van der Waals surface area contributed by atoms with E-state index >= 15 is 0 Å². The molecule has 2 rings (SSSR count). The standard InChI is InChI=1S/C16H18O2/c1-3-11-5-6-15(16(18)9-11)13-7-12(4-2)8-14(17)10-13/h5-10,17-18H,3-4H2,1-2H3. The molecule has 0 aromatic heterocycles. The molecule has 94 valence electrons. The second-order valence-corrected chi connectivity index (χ2v) is 4.45. The number of benzene rings is 2. The van der Waals surface area contributed by atoms with Crippen molar-refractivity contribution in [2.24, 2.45) is 0 Å². The summed E-state index contributed by atoms with van der Waals surface area (Å²) in [5.41, 5.74) is 3.78. The lowest BCUT2D eigenvalue weighted by molar-refractivity contribution is 0.473. The summed E-state index contributed by atoms with van der Waals surface area (Å²) in [4.78, 5) is 0. The summed E-state index contributed by atoms with van der Waals surface area (Å²) >= 11 is 0. The third kappa shape index (κ3) is 2.48. The van der Waals surface area contributed by atoms with Gasteiger partial charge in [-0.2, -0.15) is 0 Å². The van der Waals surface area contributed by atoms with Crippen LogP contribution >= 0.6 is 0 Å². The van der Waals surface area contributed by atoms with E-state index in [1.54, 1.807) is 18.2 Å². The molecule has 0 saturated heterocycles. The molecule has 2 N–H and O–H groups in total. The van der Waals surface area contributed by atoms with Crippen LogP contribution < -0.4 is 0 Å². The monoisotopic (exact) mass is 242 g/mol. The van der Waals surface area contributed by atoms with Gasteiger partial charge in [0.25, 0.3) is 0 Å². The van der Waals surface area contributed by atoms with E-state index in [0.29, 0.717) is 0 Å². The minimum absolute atomic E-state index is 0.239. The van der Waals surface area contributed by atoms with E-state index in [0.717, 1.165) is 35.1 Å². The van der Waals surface area contributed by atoms with Gasteiger partial charge in [-0.3, -0.25) is 0 Å². The quantitative estimate of drug-likeness (QED) is 0.857. The first-order valence-corrected chi connectivity index (χ1v) is 6.29. The van der Waals surface area contributed by atoms with Crippen LogP contribution in [0.3, 0.4) is 0 Å². The van der Waals surface area contributed by atoms with Crippen LogP contribution in [0.4, 0.5) is 0 Å². The number of phenols is 2. The number of aryl methyl sites for hydroxylation is 2. The third-order valence-corrected chi connectivity index (χ3v) is 3.17. The molecule has 0 bridgehead atoms. The molecule has 18 heavy (non-hydrogen) atoms. The van der Waals surface area contributed by atoms with Gasteiger partial charge in [-0.1, -0.05) is 32.0 Å². The summed E-state index contributed by atoms with van der Waals surface area (Å²) in [5.74, 6) is 0.505. The zero-order valence-electron chi connectivity index (χ0n) is 10.8. The van der Waals surface area contributed by atoms with Gasteiger partial charge in [0.2, 0.25) is 0 Å². The van der Waals surface area contributed by atoms with E-state index in [4.69, 9.17) is 0 Å². The lowest BCUT2D eigenvalue weighted by Gasteiger charge is -2.09. The van der Waals surface area contributed by atoms with Crippen LogP contribution in [0.5, 0.6) is 11.5 Å². The molecule has 0 saturated carbocycles. The van der Waals surface area contributed by atoms with Crippen molar-refractivity contribution in [2.45, 2.75) is 26.7 Å². The van der Waals surface area contributed by atoms with Crippen LogP contribution in [0.15, 0.2) is 36.4 Å². The van der Waals surface area contributed by atoms with Crippen LogP contribution in [0, 0.1) is 0 Å². The summed E-state index contributed by atoms with van der Waals surface area (Å²) in [7, 11) is 0. The van der Waals surface area contributed by atoms with Crippen molar-refractivity contribution in [3.05, 3.63) is 47.5 Å². The van der Waals surface area contributed by atoms with Crippen molar-refractivity contribution in [3.63, 3.8) is 0 Å². The summed E-state index contributed by atoms with van der Waals surface area (Å²) in [6.07, 6.45) is 1.75. The van der Waals surface area contributed by atoms with E-state index < -0.39 is 0 Å². The molecule has 2 nitrogen and oxygen atoms in total. The van der Waals surface area contributed by atoms with Gasteiger partial charge in [-0.15, -0.1) is 0 Å². The van der Waals surface area contributed by atoms with Crippen LogP contribution in [0.1, 0.15) is 25.0 Å². The molecule has 0 aliphatic heterocycles. The average Bonchev–Trinajstić information content (AvgIpc) is 2.37.